The Morgan fingerprint density at radius 2 is 1.67 bits per heavy atom. The number of hydrogen-bond acceptors (Lipinski definition) is 5. The maximum absolute atomic E-state index is 6.07. The average Bonchev–Trinajstić information content (AvgIpc) is 2.81. The van der Waals surface area contributed by atoms with Crippen LogP contribution in [0.15, 0.2) is 73.1 Å². The molecule has 1 saturated heterocycles. The van der Waals surface area contributed by atoms with Crippen LogP contribution < -0.4 is 14.2 Å². The Balaban J connectivity index is 1.29. The van der Waals surface area contributed by atoms with Crippen molar-refractivity contribution in [1.82, 2.24) is 9.88 Å². The average molecular weight is 405 g/mol. The summed E-state index contributed by atoms with van der Waals surface area (Å²) in [5.41, 5.74) is 2.37. The van der Waals surface area contributed by atoms with E-state index in [1.54, 1.807) is 19.5 Å². The predicted octanol–water partition coefficient (Wildman–Crippen LogP) is 4.71. The van der Waals surface area contributed by atoms with Crippen molar-refractivity contribution in [2.24, 2.45) is 0 Å². The van der Waals surface area contributed by atoms with Crippen LogP contribution in [0.2, 0.25) is 0 Å². The molecular formula is C25H28N2O3. The van der Waals surface area contributed by atoms with Gasteiger partial charge in [-0.2, -0.15) is 0 Å². The molecule has 0 radical (unpaired) electrons. The van der Waals surface area contributed by atoms with Gasteiger partial charge in [-0.25, -0.2) is 0 Å². The maximum atomic E-state index is 6.07. The Bertz CT molecular complexity index is 910. The van der Waals surface area contributed by atoms with Crippen LogP contribution in [0.3, 0.4) is 0 Å². The van der Waals surface area contributed by atoms with Gasteiger partial charge in [0.1, 0.15) is 18.5 Å². The fourth-order valence-electron chi connectivity index (χ4n) is 3.72. The summed E-state index contributed by atoms with van der Waals surface area (Å²) in [4.78, 5) is 6.50. The van der Waals surface area contributed by atoms with E-state index >= 15 is 0 Å². The molecule has 3 aromatic rings. The minimum atomic E-state index is 0.270. The number of rotatable bonds is 8. The lowest BCUT2D eigenvalue weighted by Crippen LogP contribution is -2.37. The van der Waals surface area contributed by atoms with E-state index in [1.807, 2.05) is 36.4 Å². The Labute approximate surface area is 178 Å². The van der Waals surface area contributed by atoms with Crippen LogP contribution in [0, 0.1) is 0 Å². The molecule has 30 heavy (non-hydrogen) atoms. The van der Waals surface area contributed by atoms with Crippen LogP contribution in [-0.4, -0.2) is 36.2 Å². The summed E-state index contributed by atoms with van der Waals surface area (Å²) >= 11 is 0. The molecule has 1 fully saturated rings. The minimum Gasteiger partial charge on any atom is -0.493 e. The molecule has 0 amide bonds. The van der Waals surface area contributed by atoms with Crippen LogP contribution in [-0.2, 0) is 13.2 Å². The fraction of sp³-hybridized carbons (Fsp3) is 0.320. The van der Waals surface area contributed by atoms with E-state index in [0.29, 0.717) is 6.61 Å². The molecule has 5 nitrogen and oxygen atoms in total. The lowest BCUT2D eigenvalue weighted by atomic mass is 10.1. The van der Waals surface area contributed by atoms with Crippen molar-refractivity contribution < 1.29 is 14.2 Å². The van der Waals surface area contributed by atoms with E-state index in [9.17, 15) is 0 Å². The lowest BCUT2D eigenvalue weighted by molar-refractivity contribution is 0.0967. The maximum Gasteiger partial charge on any atom is 0.161 e. The van der Waals surface area contributed by atoms with Crippen LogP contribution in [0.1, 0.15) is 24.0 Å². The molecule has 2 heterocycles. The molecule has 1 aliphatic rings. The Morgan fingerprint density at radius 1 is 0.900 bits per heavy atom. The van der Waals surface area contributed by atoms with E-state index in [-0.39, 0.29) is 6.10 Å². The van der Waals surface area contributed by atoms with Gasteiger partial charge in [-0.1, -0.05) is 36.4 Å². The first-order valence-electron chi connectivity index (χ1n) is 10.4. The highest BCUT2D eigenvalue weighted by Gasteiger charge is 2.21. The zero-order chi connectivity index (χ0) is 20.6. The number of pyridine rings is 1. The highest BCUT2D eigenvalue weighted by atomic mass is 16.5. The summed E-state index contributed by atoms with van der Waals surface area (Å²) in [6.07, 6.45) is 5.86. The van der Waals surface area contributed by atoms with Crippen molar-refractivity contribution in [3.8, 4) is 17.2 Å². The van der Waals surface area contributed by atoms with Crippen molar-refractivity contribution in [2.75, 3.05) is 20.2 Å². The molecule has 1 aliphatic heterocycles. The molecule has 0 aliphatic carbocycles. The zero-order valence-electron chi connectivity index (χ0n) is 17.4. The van der Waals surface area contributed by atoms with Gasteiger partial charge >= 0.3 is 0 Å². The smallest absolute Gasteiger partial charge is 0.161 e. The van der Waals surface area contributed by atoms with Crippen LogP contribution in [0.4, 0.5) is 0 Å². The number of ether oxygens (including phenoxy) is 3. The molecule has 5 heteroatoms. The van der Waals surface area contributed by atoms with E-state index in [4.69, 9.17) is 14.2 Å². The van der Waals surface area contributed by atoms with Gasteiger partial charge < -0.3 is 14.2 Å². The first kappa shape index (κ1) is 20.2. The third-order valence-corrected chi connectivity index (χ3v) is 5.36. The summed E-state index contributed by atoms with van der Waals surface area (Å²) < 4.78 is 17.6. The highest BCUT2D eigenvalue weighted by molar-refractivity contribution is 5.43. The molecule has 156 valence electrons. The van der Waals surface area contributed by atoms with Crippen LogP contribution >= 0.6 is 0 Å². The normalized spacial score (nSPS) is 15.0. The number of benzene rings is 2. The van der Waals surface area contributed by atoms with Crippen LogP contribution in [0.5, 0.6) is 17.2 Å². The second-order valence-electron chi connectivity index (χ2n) is 7.54. The van der Waals surface area contributed by atoms with Gasteiger partial charge in [-0.15, -0.1) is 0 Å². The third kappa shape index (κ3) is 5.51. The summed E-state index contributed by atoms with van der Waals surface area (Å²) in [6, 6.07) is 20.2. The molecular weight excluding hydrogens is 376 g/mol. The molecule has 0 unspecified atom stereocenters. The van der Waals surface area contributed by atoms with Gasteiger partial charge in [-0.3, -0.25) is 9.88 Å². The molecule has 1 aromatic heterocycles. The highest BCUT2D eigenvalue weighted by Crippen LogP contribution is 2.30. The lowest BCUT2D eigenvalue weighted by Gasteiger charge is -2.32. The molecule has 0 spiro atoms. The second kappa shape index (κ2) is 10.1. The summed E-state index contributed by atoms with van der Waals surface area (Å²) in [5.74, 6) is 2.45. The summed E-state index contributed by atoms with van der Waals surface area (Å²) in [7, 11) is 1.69. The number of methoxy groups -OCH3 is 1. The minimum absolute atomic E-state index is 0.270. The van der Waals surface area contributed by atoms with Gasteiger partial charge in [0.25, 0.3) is 0 Å². The molecule has 2 aromatic carbocycles. The SMILES string of the molecule is COc1cc(CN2CCC(Oc3ccncc3)CC2)ccc1OCc1ccccc1. The van der Waals surface area contributed by atoms with Crippen molar-refractivity contribution in [1.29, 1.82) is 0 Å². The quantitative estimate of drug-likeness (QED) is 0.544. The monoisotopic (exact) mass is 404 g/mol. The molecule has 4 rings (SSSR count). The number of hydrogen-bond donors (Lipinski definition) is 0. The topological polar surface area (TPSA) is 43.8 Å². The van der Waals surface area contributed by atoms with Crippen molar-refractivity contribution in [3.05, 3.63) is 84.2 Å². The van der Waals surface area contributed by atoms with E-state index in [2.05, 4.69) is 34.1 Å². The number of likely N-dealkylation sites (tertiary alicyclic amines) is 1. The van der Waals surface area contributed by atoms with E-state index < -0.39 is 0 Å². The van der Waals surface area contributed by atoms with Crippen molar-refractivity contribution >= 4 is 0 Å². The standard InChI is InChI=1S/C25H28N2O3/c1-28-25-17-21(7-8-24(25)29-19-20-5-3-2-4-6-20)18-27-15-11-23(12-16-27)30-22-9-13-26-14-10-22/h2-10,13-14,17,23H,11-12,15-16,18-19H2,1H3. The zero-order valence-corrected chi connectivity index (χ0v) is 17.4. The van der Waals surface area contributed by atoms with Gasteiger partial charge in [0.05, 0.1) is 7.11 Å². The molecule has 0 bridgehead atoms. The second-order valence-corrected chi connectivity index (χ2v) is 7.54. The predicted molar refractivity (Wildman–Crippen MR) is 117 cm³/mol. The Morgan fingerprint density at radius 3 is 2.40 bits per heavy atom. The molecule has 0 atom stereocenters. The van der Waals surface area contributed by atoms with Gasteiger partial charge in [-0.05, 0) is 48.2 Å². The van der Waals surface area contributed by atoms with Crippen LogP contribution in [0.25, 0.3) is 0 Å². The summed E-state index contributed by atoms with van der Waals surface area (Å²) in [6.45, 7) is 3.47. The fourth-order valence-corrected chi connectivity index (χ4v) is 3.72. The van der Waals surface area contributed by atoms with Gasteiger partial charge in [0.15, 0.2) is 11.5 Å². The number of piperidine rings is 1. The first-order chi connectivity index (χ1) is 14.8. The summed E-state index contributed by atoms with van der Waals surface area (Å²) in [5, 5.41) is 0. The van der Waals surface area contributed by atoms with Crippen molar-refractivity contribution in [2.45, 2.75) is 32.1 Å². The third-order valence-electron chi connectivity index (χ3n) is 5.36. The Kier molecular flexibility index (Phi) is 6.83. The van der Waals surface area contributed by atoms with E-state index in [1.165, 1.54) is 5.56 Å². The first-order valence-corrected chi connectivity index (χ1v) is 10.4. The largest absolute Gasteiger partial charge is 0.493 e. The Hall–Kier alpha value is -3.05. The van der Waals surface area contributed by atoms with Gasteiger partial charge in [0, 0.05) is 32.0 Å². The molecule has 0 saturated carbocycles. The number of aromatic nitrogens is 1. The van der Waals surface area contributed by atoms with E-state index in [0.717, 1.165) is 55.3 Å². The molecule has 0 N–H and O–H groups in total. The number of nitrogens with zero attached hydrogens (tertiary/aromatic N) is 2. The van der Waals surface area contributed by atoms with Gasteiger partial charge in [0.2, 0.25) is 0 Å². The van der Waals surface area contributed by atoms with Crippen molar-refractivity contribution in [3.63, 3.8) is 0 Å².